The molecule has 80 valence electrons. The van der Waals surface area contributed by atoms with Crippen LogP contribution in [0, 0.1) is 0 Å². The molecule has 0 aromatic heterocycles. The van der Waals surface area contributed by atoms with Crippen LogP contribution in [0.1, 0.15) is 19.8 Å². The van der Waals surface area contributed by atoms with Gasteiger partial charge in [0.1, 0.15) is 0 Å². The Morgan fingerprint density at radius 1 is 1.14 bits per heavy atom. The number of hydrogen-bond acceptors (Lipinski definition) is 3. The lowest BCUT2D eigenvalue weighted by Crippen LogP contribution is -2.41. The van der Waals surface area contributed by atoms with E-state index in [1.807, 2.05) is 6.92 Å². The molecule has 0 saturated heterocycles. The first kappa shape index (κ1) is 11.0. The van der Waals surface area contributed by atoms with Crippen molar-refractivity contribution >= 4 is 11.8 Å². The van der Waals surface area contributed by atoms with Crippen molar-refractivity contribution in [3.63, 3.8) is 0 Å². The first-order valence-corrected chi connectivity index (χ1v) is 4.99. The highest BCUT2D eigenvalue weighted by Crippen LogP contribution is 2.17. The number of hydrogen-bond donors (Lipinski definition) is 3. The van der Waals surface area contributed by atoms with Gasteiger partial charge < -0.3 is 16.0 Å². The predicted octanol–water partition coefficient (Wildman–Crippen LogP) is -1.01. The summed E-state index contributed by atoms with van der Waals surface area (Å²) in [6, 6.07) is 0.519. The molecule has 0 unspecified atom stereocenters. The summed E-state index contributed by atoms with van der Waals surface area (Å²) in [4.78, 5) is 22.1. The Labute approximate surface area is 83.6 Å². The largest absolute Gasteiger partial charge is 0.355 e. The topological polar surface area (TPSA) is 70.2 Å². The minimum Gasteiger partial charge on any atom is -0.355 e. The lowest BCUT2D eigenvalue weighted by atomic mass is 10.5. The van der Waals surface area contributed by atoms with Crippen LogP contribution in [0.25, 0.3) is 0 Å². The Morgan fingerprint density at radius 3 is 2.36 bits per heavy atom. The van der Waals surface area contributed by atoms with Crippen LogP contribution in [0.4, 0.5) is 0 Å². The fraction of sp³-hybridized carbons (Fsp3) is 0.778. The highest BCUT2D eigenvalue weighted by molar-refractivity contribution is 5.85. The van der Waals surface area contributed by atoms with Crippen LogP contribution in [0.5, 0.6) is 0 Å². The van der Waals surface area contributed by atoms with Gasteiger partial charge in [0.2, 0.25) is 11.8 Å². The van der Waals surface area contributed by atoms with E-state index in [4.69, 9.17) is 0 Å². The second-order valence-corrected chi connectivity index (χ2v) is 3.39. The minimum atomic E-state index is -0.146. The maximum absolute atomic E-state index is 11.1. The number of carbonyl (C=O) groups excluding carboxylic acids is 2. The van der Waals surface area contributed by atoms with Crippen LogP contribution in [0.15, 0.2) is 0 Å². The van der Waals surface area contributed by atoms with Gasteiger partial charge in [-0.1, -0.05) is 0 Å². The molecule has 14 heavy (non-hydrogen) atoms. The van der Waals surface area contributed by atoms with Crippen molar-refractivity contribution in [1.29, 1.82) is 0 Å². The molecule has 5 heteroatoms. The fourth-order valence-corrected chi connectivity index (χ4v) is 1.03. The van der Waals surface area contributed by atoms with Crippen molar-refractivity contribution in [2.75, 3.05) is 19.6 Å². The Hall–Kier alpha value is -1.10. The molecule has 0 heterocycles. The van der Waals surface area contributed by atoms with E-state index in [2.05, 4.69) is 16.0 Å². The Balaban J connectivity index is 1.98. The second-order valence-electron chi connectivity index (χ2n) is 3.39. The van der Waals surface area contributed by atoms with Crippen molar-refractivity contribution < 1.29 is 9.59 Å². The maximum Gasteiger partial charge on any atom is 0.239 e. The van der Waals surface area contributed by atoms with Gasteiger partial charge in [-0.3, -0.25) is 9.59 Å². The summed E-state index contributed by atoms with van der Waals surface area (Å²) in [7, 11) is 0. The second kappa shape index (κ2) is 5.59. The predicted molar refractivity (Wildman–Crippen MR) is 52.7 cm³/mol. The summed E-state index contributed by atoms with van der Waals surface area (Å²) >= 11 is 0. The standard InChI is InChI=1S/C9H17N3O2/c1-2-10-8(13)6-12-9(14)5-11-7-3-4-7/h7,11H,2-6H2,1H3,(H,10,13)(H,12,14). The molecule has 1 aliphatic carbocycles. The molecule has 5 nitrogen and oxygen atoms in total. The van der Waals surface area contributed by atoms with Crippen LogP contribution < -0.4 is 16.0 Å². The normalized spacial score (nSPS) is 14.9. The highest BCUT2D eigenvalue weighted by Gasteiger charge is 2.21. The lowest BCUT2D eigenvalue weighted by molar-refractivity contribution is -0.125. The van der Waals surface area contributed by atoms with Crippen LogP contribution in [-0.4, -0.2) is 37.5 Å². The summed E-state index contributed by atoms with van der Waals surface area (Å²) in [5.41, 5.74) is 0. The average Bonchev–Trinajstić information content (AvgIpc) is 2.95. The van der Waals surface area contributed by atoms with Gasteiger partial charge in [-0.15, -0.1) is 0 Å². The van der Waals surface area contributed by atoms with Gasteiger partial charge in [-0.05, 0) is 19.8 Å². The van der Waals surface area contributed by atoms with Gasteiger partial charge in [0.15, 0.2) is 0 Å². The molecule has 0 aromatic rings. The molecule has 1 fully saturated rings. The number of rotatable bonds is 6. The van der Waals surface area contributed by atoms with Crippen molar-refractivity contribution in [3.8, 4) is 0 Å². The third kappa shape index (κ3) is 4.81. The maximum atomic E-state index is 11.1. The smallest absolute Gasteiger partial charge is 0.239 e. The molecular formula is C9H17N3O2. The van der Waals surface area contributed by atoms with Crippen LogP contribution >= 0.6 is 0 Å². The van der Waals surface area contributed by atoms with E-state index >= 15 is 0 Å². The SMILES string of the molecule is CCNC(=O)CNC(=O)CNC1CC1. The van der Waals surface area contributed by atoms with Crippen molar-refractivity contribution in [3.05, 3.63) is 0 Å². The average molecular weight is 199 g/mol. The Kier molecular flexibility index (Phi) is 4.39. The summed E-state index contributed by atoms with van der Waals surface area (Å²) in [6.45, 7) is 2.81. The summed E-state index contributed by atoms with van der Waals surface area (Å²) in [5, 5.41) is 8.21. The van der Waals surface area contributed by atoms with Gasteiger partial charge in [0.05, 0.1) is 13.1 Å². The zero-order valence-electron chi connectivity index (χ0n) is 8.43. The van der Waals surface area contributed by atoms with Crippen molar-refractivity contribution in [1.82, 2.24) is 16.0 Å². The summed E-state index contributed by atoms with van der Waals surface area (Å²) in [6.07, 6.45) is 2.31. The third-order valence-corrected chi connectivity index (χ3v) is 1.95. The number of likely N-dealkylation sites (N-methyl/N-ethyl adjacent to an activating group) is 1. The lowest BCUT2D eigenvalue weighted by Gasteiger charge is -2.05. The molecule has 1 rings (SSSR count). The molecule has 0 atom stereocenters. The molecule has 0 radical (unpaired) electrons. The van der Waals surface area contributed by atoms with Crippen LogP contribution in [0.2, 0.25) is 0 Å². The highest BCUT2D eigenvalue weighted by atomic mass is 16.2. The zero-order valence-corrected chi connectivity index (χ0v) is 8.43. The first-order valence-electron chi connectivity index (χ1n) is 4.99. The first-order chi connectivity index (χ1) is 6.72. The Bertz CT molecular complexity index is 214. The van der Waals surface area contributed by atoms with Crippen LogP contribution in [-0.2, 0) is 9.59 Å². The summed E-state index contributed by atoms with van der Waals surface area (Å²) < 4.78 is 0. The van der Waals surface area contributed by atoms with E-state index in [1.165, 1.54) is 0 Å². The van der Waals surface area contributed by atoms with E-state index < -0.39 is 0 Å². The van der Waals surface area contributed by atoms with E-state index in [9.17, 15) is 9.59 Å². The van der Waals surface area contributed by atoms with Gasteiger partial charge in [0, 0.05) is 12.6 Å². The fourth-order valence-electron chi connectivity index (χ4n) is 1.03. The molecule has 1 aliphatic rings. The number of nitrogens with one attached hydrogen (secondary N) is 3. The van der Waals surface area contributed by atoms with Crippen molar-refractivity contribution in [2.45, 2.75) is 25.8 Å². The third-order valence-electron chi connectivity index (χ3n) is 1.95. The minimum absolute atomic E-state index is 0.0685. The molecule has 2 amide bonds. The van der Waals surface area contributed by atoms with Crippen LogP contribution in [0.3, 0.4) is 0 Å². The monoisotopic (exact) mass is 199 g/mol. The number of carbonyl (C=O) groups is 2. The molecule has 3 N–H and O–H groups in total. The van der Waals surface area contributed by atoms with Crippen molar-refractivity contribution in [2.24, 2.45) is 0 Å². The number of amides is 2. The molecule has 0 bridgehead atoms. The van der Waals surface area contributed by atoms with Gasteiger partial charge >= 0.3 is 0 Å². The van der Waals surface area contributed by atoms with E-state index in [0.717, 1.165) is 12.8 Å². The van der Waals surface area contributed by atoms with Gasteiger partial charge in [0.25, 0.3) is 0 Å². The zero-order chi connectivity index (χ0) is 10.4. The molecule has 1 saturated carbocycles. The van der Waals surface area contributed by atoms with E-state index in [-0.39, 0.29) is 18.4 Å². The molecule has 0 spiro atoms. The van der Waals surface area contributed by atoms with E-state index in [1.54, 1.807) is 0 Å². The molecule has 0 aliphatic heterocycles. The van der Waals surface area contributed by atoms with E-state index in [0.29, 0.717) is 19.1 Å². The molecule has 0 aromatic carbocycles. The van der Waals surface area contributed by atoms with Gasteiger partial charge in [-0.25, -0.2) is 0 Å². The quantitative estimate of drug-likeness (QED) is 0.513. The summed E-state index contributed by atoms with van der Waals surface area (Å²) in [5.74, 6) is -0.268. The van der Waals surface area contributed by atoms with Gasteiger partial charge in [-0.2, -0.15) is 0 Å². The Morgan fingerprint density at radius 2 is 1.79 bits per heavy atom. The molecular weight excluding hydrogens is 182 g/mol.